The summed E-state index contributed by atoms with van der Waals surface area (Å²) >= 11 is 0. The summed E-state index contributed by atoms with van der Waals surface area (Å²) in [4.78, 5) is 14.7. The number of para-hydroxylation sites is 1. The summed E-state index contributed by atoms with van der Waals surface area (Å²) in [5.74, 6) is 0.189. The molecule has 3 aliphatic heterocycles. The van der Waals surface area contributed by atoms with Gasteiger partial charge in [0.1, 0.15) is 12.4 Å². The maximum atomic E-state index is 13.2. The Balaban J connectivity index is 1.53. The van der Waals surface area contributed by atoms with Crippen LogP contribution in [-0.2, 0) is 11.3 Å². The molecule has 0 N–H and O–H groups in total. The summed E-state index contributed by atoms with van der Waals surface area (Å²) < 4.78 is 20.2. The first kappa shape index (κ1) is 18.0. The molecular weight excluding hydrogens is 343 g/mol. The zero-order chi connectivity index (χ0) is 18.9. The molecule has 3 saturated heterocycles. The number of fused-ring (bicyclic) bond motifs is 3. The fraction of sp³-hybridized carbons (Fsp3) is 0.409. The van der Waals surface area contributed by atoms with Crippen molar-refractivity contribution in [2.75, 3.05) is 31.6 Å². The molecule has 5 rings (SSSR count). The topological polar surface area (TPSA) is 29.5 Å². The van der Waals surface area contributed by atoms with Gasteiger partial charge in [-0.1, -0.05) is 30.3 Å². The molecular formula is C22H26FN2O2+. The van der Waals surface area contributed by atoms with Crippen molar-refractivity contribution in [3.05, 3.63) is 66.0 Å². The lowest BCUT2D eigenvalue weighted by molar-refractivity contribution is -0.928. The van der Waals surface area contributed by atoms with Crippen molar-refractivity contribution >= 4 is 11.8 Å². The number of quaternary nitrogens is 1. The SMILES string of the molecule is C[N+]12CCC(CC1)C(OC(=O)N(Cc1ccc(F)cc1)c1ccccc1)C2. The minimum Gasteiger partial charge on any atom is -0.440 e. The van der Waals surface area contributed by atoms with Crippen LogP contribution in [0.15, 0.2) is 54.6 Å². The van der Waals surface area contributed by atoms with E-state index in [0.717, 1.165) is 35.1 Å². The molecule has 0 aliphatic carbocycles. The van der Waals surface area contributed by atoms with Crippen molar-refractivity contribution in [2.24, 2.45) is 5.92 Å². The van der Waals surface area contributed by atoms with E-state index in [1.165, 1.54) is 25.2 Å². The number of nitrogens with zero attached hydrogens (tertiary/aromatic N) is 2. The Morgan fingerprint density at radius 1 is 1.11 bits per heavy atom. The average Bonchev–Trinajstić information content (AvgIpc) is 2.68. The van der Waals surface area contributed by atoms with E-state index in [9.17, 15) is 9.18 Å². The zero-order valence-electron chi connectivity index (χ0n) is 15.7. The second-order valence-corrected chi connectivity index (χ2v) is 8.06. The predicted octanol–water partition coefficient (Wildman–Crippen LogP) is 4.21. The molecule has 0 spiro atoms. The molecule has 4 nitrogen and oxygen atoms in total. The van der Waals surface area contributed by atoms with E-state index in [4.69, 9.17) is 4.74 Å². The Kier molecular flexibility index (Phi) is 4.87. The highest BCUT2D eigenvalue weighted by Crippen LogP contribution is 2.34. The van der Waals surface area contributed by atoms with Gasteiger partial charge in [0, 0.05) is 24.4 Å². The highest BCUT2D eigenvalue weighted by atomic mass is 19.1. The number of hydrogen-bond acceptors (Lipinski definition) is 2. The first-order valence-electron chi connectivity index (χ1n) is 9.64. The average molecular weight is 369 g/mol. The van der Waals surface area contributed by atoms with Crippen LogP contribution in [0.5, 0.6) is 0 Å². The third-order valence-electron chi connectivity index (χ3n) is 6.02. The first-order valence-corrected chi connectivity index (χ1v) is 9.64. The van der Waals surface area contributed by atoms with Gasteiger partial charge in [0.2, 0.25) is 0 Å². The molecule has 0 aromatic heterocycles. The van der Waals surface area contributed by atoms with Crippen LogP contribution < -0.4 is 4.90 Å². The van der Waals surface area contributed by atoms with Gasteiger partial charge in [-0.05, 0) is 29.8 Å². The van der Waals surface area contributed by atoms with Gasteiger partial charge in [0.25, 0.3) is 0 Å². The maximum absolute atomic E-state index is 13.2. The van der Waals surface area contributed by atoms with E-state index in [2.05, 4.69) is 7.05 Å². The van der Waals surface area contributed by atoms with Crippen LogP contribution in [-0.4, -0.2) is 43.4 Å². The number of hydrogen-bond donors (Lipinski definition) is 0. The first-order chi connectivity index (χ1) is 13.0. The number of amides is 1. The molecule has 0 radical (unpaired) electrons. The number of rotatable bonds is 4. The second kappa shape index (κ2) is 7.31. The molecule has 2 aromatic rings. The number of likely N-dealkylation sites (N-methyl/N-ethyl adjacent to an activating group) is 1. The third kappa shape index (κ3) is 3.98. The normalized spacial score (nSPS) is 26.6. The molecule has 142 valence electrons. The quantitative estimate of drug-likeness (QED) is 0.756. The molecule has 1 amide bonds. The zero-order valence-corrected chi connectivity index (χ0v) is 15.7. The number of anilines is 1. The van der Waals surface area contributed by atoms with Gasteiger partial charge >= 0.3 is 6.09 Å². The van der Waals surface area contributed by atoms with E-state index in [-0.39, 0.29) is 18.0 Å². The minimum atomic E-state index is -0.323. The van der Waals surface area contributed by atoms with Crippen molar-refractivity contribution in [1.82, 2.24) is 0 Å². The van der Waals surface area contributed by atoms with Crippen LogP contribution in [0.4, 0.5) is 14.9 Å². The number of piperidine rings is 3. The fourth-order valence-electron chi connectivity index (χ4n) is 4.32. The predicted molar refractivity (Wildman–Crippen MR) is 103 cm³/mol. The number of carbonyl (C=O) groups excluding carboxylic acids is 1. The van der Waals surface area contributed by atoms with Crippen molar-refractivity contribution in [1.29, 1.82) is 0 Å². The van der Waals surface area contributed by atoms with Crippen molar-refractivity contribution < 1.29 is 18.4 Å². The van der Waals surface area contributed by atoms with E-state index in [1.807, 2.05) is 30.3 Å². The summed E-state index contributed by atoms with van der Waals surface area (Å²) in [7, 11) is 2.25. The molecule has 3 heterocycles. The Morgan fingerprint density at radius 3 is 2.41 bits per heavy atom. The molecule has 1 unspecified atom stereocenters. The van der Waals surface area contributed by atoms with Gasteiger partial charge in [-0.3, -0.25) is 4.90 Å². The lowest BCUT2D eigenvalue weighted by atomic mass is 9.84. The van der Waals surface area contributed by atoms with Gasteiger partial charge in [-0.15, -0.1) is 0 Å². The van der Waals surface area contributed by atoms with E-state index in [0.29, 0.717) is 12.5 Å². The maximum Gasteiger partial charge on any atom is 0.415 e. The molecule has 3 aliphatic rings. The Labute approximate surface area is 159 Å². The van der Waals surface area contributed by atoms with Crippen LogP contribution in [0, 0.1) is 11.7 Å². The minimum absolute atomic E-state index is 0.0237. The van der Waals surface area contributed by atoms with Gasteiger partial charge in [0.05, 0.1) is 26.7 Å². The molecule has 0 saturated carbocycles. The molecule has 5 heteroatoms. The van der Waals surface area contributed by atoms with Gasteiger partial charge < -0.3 is 9.22 Å². The largest absolute Gasteiger partial charge is 0.440 e. The van der Waals surface area contributed by atoms with E-state index >= 15 is 0 Å². The van der Waals surface area contributed by atoms with Gasteiger partial charge in [-0.2, -0.15) is 0 Å². The highest BCUT2D eigenvalue weighted by molar-refractivity contribution is 5.87. The smallest absolute Gasteiger partial charge is 0.415 e. The lowest BCUT2D eigenvalue weighted by Gasteiger charge is -2.49. The van der Waals surface area contributed by atoms with Crippen LogP contribution in [0.1, 0.15) is 18.4 Å². The summed E-state index contributed by atoms with van der Waals surface area (Å²) in [6, 6.07) is 15.8. The van der Waals surface area contributed by atoms with E-state index < -0.39 is 0 Å². The lowest BCUT2D eigenvalue weighted by Crippen LogP contribution is -2.62. The number of benzene rings is 2. The van der Waals surface area contributed by atoms with Crippen molar-refractivity contribution in [2.45, 2.75) is 25.5 Å². The molecule has 1 atom stereocenters. The fourth-order valence-corrected chi connectivity index (χ4v) is 4.32. The van der Waals surface area contributed by atoms with Gasteiger partial charge in [-0.25, -0.2) is 9.18 Å². The third-order valence-corrected chi connectivity index (χ3v) is 6.02. The number of ether oxygens (including phenoxy) is 1. The van der Waals surface area contributed by atoms with Crippen molar-refractivity contribution in [3.63, 3.8) is 0 Å². The molecule has 2 aromatic carbocycles. The Morgan fingerprint density at radius 2 is 1.78 bits per heavy atom. The number of halogens is 1. The van der Waals surface area contributed by atoms with E-state index in [1.54, 1.807) is 17.0 Å². The molecule has 3 fully saturated rings. The monoisotopic (exact) mass is 369 g/mol. The highest BCUT2D eigenvalue weighted by Gasteiger charge is 2.45. The summed E-state index contributed by atoms with van der Waals surface area (Å²) in [5.41, 5.74) is 1.65. The molecule has 27 heavy (non-hydrogen) atoms. The second-order valence-electron chi connectivity index (χ2n) is 8.06. The van der Waals surface area contributed by atoms with Crippen LogP contribution >= 0.6 is 0 Å². The van der Waals surface area contributed by atoms with Crippen LogP contribution in [0.3, 0.4) is 0 Å². The van der Waals surface area contributed by atoms with Gasteiger partial charge in [0.15, 0.2) is 6.10 Å². The standard InChI is InChI=1S/C22H26FN2O2/c1-25-13-11-18(12-14-25)21(16-25)27-22(26)24(20-5-3-2-4-6-20)15-17-7-9-19(23)10-8-17/h2-10,18,21H,11-16H2,1H3/q+1. The van der Waals surface area contributed by atoms with Crippen LogP contribution in [0.2, 0.25) is 0 Å². The summed E-state index contributed by atoms with van der Waals surface area (Å²) in [6.07, 6.45) is 1.90. The van der Waals surface area contributed by atoms with Crippen LogP contribution in [0.25, 0.3) is 0 Å². The number of carbonyl (C=O) groups is 1. The summed E-state index contributed by atoms with van der Waals surface area (Å²) in [6.45, 7) is 3.61. The summed E-state index contributed by atoms with van der Waals surface area (Å²) in [5, 5.41) is 0. The Hall–Kier alpha value is -2.40. The Bertz CT molecular complexity index is 786. The molecule has 2 bridgehead atoms. The van der Waals surface area contributed by atoms with Crippen molar-refractivity contribution in [3.8, 4) is 0 Å².